The summed E-state index contributed by atoms with van der Waals surface area (Å²) in [6.45, 7) is 6.52. The Labute approximate surface area is 122 Å². The minimum atomic E-state index is -0.266. The smallest absolute Gasteiger partial charge is 0.0450 e. The van der Waals surface area contributed by atoms with Crippen LogP contribution < -0.4 is 5.73 Å². The molecule has 0 aliphatic carbocycles. The van der Waals surface area contributed by atoms with E-state index in [2.05, 4.69) is 63.2 Å². The molecule has 0 heterocycles. The van der Waals surface area contributed by atoms with Crippen LogP contribution in [0.3, 0.4) is 0 Å². The van der Waals surface area contributed by atoms with Crippen LogP contribution in [0.5, 0.6) is 0 Å². The van der Waals surface area contributed by atoms with E-state index in [4.69, 9.17) is 5.73 Å². The first-order chi connectivity index (χ1) is 9.55. The molecule has 20 heavy (non-hydrogen) atoms. The molecule has 0 aliphatic heterocycles. The summed E-state index contributed by atoms with van der Waals surface area (Å²) in [4.78, 5) is 0. The molecule has 1 unspecified atom stereocenters. The van der Waals surface area contributed by atoms with E-state index in [1.807, 2.05) is 6.07 Å². The average molecular weight is 267 g/mol. The van der Waals surface area contributed by atoms with Crippen molar-refractivity contribution in [2.24, 2.45) is 5.73 Å². The summed E-state index contributed by atoms with van der Waals surface area (Å²) in [7, 11) is 0. The molecule has 106 valence electrons. The van der Waals surface area contributed by atoms with Crippen molar-refractivity contribution in [1.29, 1.82) is 0 Å². The maximum absolute atomic E-state index is 6.75. The molecule has 1 atom stereocenters. The summed E-state index contributed by atoms with van der Waals surface area (Å²) in [5, 5.41) is 0. The Kier molecular flexibility index (Phi) is 4.61. The van der Waals surface area contributed by atoms with E-state index in [9.17, 15) is 0 Å². The zero-order valence-electron chi connectivity index (χ0n) is 12.8. The summed E-state index contributed by atoms with van der Waals surface area (Å²) >= 11 is 0. The fourth-order valence-corrected chi connectivity index (χ4v) is 2.83. The van der Waals surface area contributed by atoms with Gasteiger partial charge in [-0.2, -0.15) is 0 Å². The van der Waals surface area contributed by atoms with Crippen molar-refractivity contribution >= 4 is 0 Å². The highest BCUT2D eigenvalue weighted by atomic mass is 14.7. The second kappa shape index (κ2) is 6.23. The summed E-state index contributed by atoms with van der Waals surface area (Å²) < 4.78 is 0. The SMILES string of the molecule is CCCC(N)(Cc1ccc(C)c(C)c1)c1ccccc1. The fraction of sp³-hybridized carbons (Fsp3) is 0.368. The van der Waals surface area contributed by atoms with Gasteiger partial charge in [0.25, 0.3) is 0 Å². The second-order valence-electron chi connectivity index (χ2n) is 5.87. The molecule has 0 aromatic heterocycles. The van der Waals surface area contributed by atoms with Gasteiger partial charge in [0, 0.05) is 5.54 Å². The summed E-state index contributed by atoms with van der Waals surface area (Å²) in [6, 6.07) is 17.2. The van der Waals surface area contributed by atoms with E-state index in [-0.39, 0.29) is 5.54 Å². The van der Waals surface area contributed by atoms with E-state index in [1.165, 1.54) is 22.3 Å². The minimum absolute atomic E-state index is 0.266. The maximum Gasteiger partial charge on any atom is 0.0450 e. The zero-order valence-corrected chi connectivity index (χ0v) is 12.8. The Hall–Kier alpha value is -1.60. The van der Waals surface area contributed by atoms with Crippen LogP contribution in [-0.4, -0.2) is 0 Å². The molecule has 0 amide bonds. The van der Waals surface area contributed by atoms with Crippen LogP contribution in [0.2, 0.25) is 0 Å². The van der Waals surface area contributed by atoms with Gasteiger partial charge in [-0.25, -0.2) is 0 Å². The van der Waals surface area contributed by atoms with Gasteiger partial charge >= 0.3 is 0 Å². The van der Waals surface area contributed by atoms with Gasteiger partial charge in [0.05, 0.1) is 0 Å². The molecule has 0 saturated carbocycles. The number of rotatable bonds is 5. The Morgan fingerprint density at radius 1 is 0.950 bits per heavy atom. The van der Waals surface area contributed by atoms with Crippen LogP contribution in [0.25, 0.3) is 0 Å². The topological polar surface area (TPSA) is 26.0 Å². The summed E-state index contributed by atoms with van der Waals surface area (Å²) in [6.07, 6.45) is 2.99. The largest absolute Gasteiger partial charge is 0.321 e. The first-order valence-electron chi connectivity index (χ1n) is 7.46. The molecule has 0 aliphatic rings. The first kappa shape index (κ1) is 14.8. The van der Waals surface area contributed by atoms with Crippen LogP contribution in [-0.2, 0) is 12.0 Å². The molecule has 2 aromatic carbocycles. The van der Waals surface area contributed by atoms with E-state index in [1.54, 1.807) is 0 Å². The number of benzene rings is 2. The average Bonchev–Trinajstić information content (AvgIpc) is 2.44. The Bertz CT molecular complexity index is 559. The molecule has 2 N–H and O–H groups in total. The lowest BCUT2D eigenvalue weighted by Crippen LogP contribution is -2.39. The molecule has 0 radical (unpaired) electrons. The number of nitrogens with two attached hydrogens (primary N) is 1. The highest BCUT2D eigenvalue weighted by Crippen LogP contribution is 2.28. The van der Waals surface area contributed by atoms with Crippen molar-refractivity contribution in [1.82, 2.24) is 0 Å². The van der Waals surface area contributed by atoms with E-state index < -0.39 is 0 Å². The molecular weight excluding hydrogens is 242 g/mol. The zero-order chi connectivity index (χ0) is 14.6. The lowest BCUT2D eigenvalue weighted by Gasteiger charge is -2.30. The molecule has 2 rings (SSSR count). The van der Waals surface area contributed by atoms with Crippen molar-refractivity contribution in [3.05, 3.63) is 70.8 Å². The van der Waals surface area contributed by atoms with Crippen molar-refractivity contribution in [2.45, 2.75) is 45.6 Å². The van der Waals surface area contributed by atoms with Gasteiger partial charge in [0.1, 0.15) is 0 Å². The van der Waals surface area contributed by atoms with E-state index in [0.29, 0.717) is 0 Å². The van der Waals surface area contributed by atoms with Gasteiger partial charge in [-0.05, 0) is 48.9 Å². The van der Waals surface area contributed by atoms with Gasteiger partial charge in [-0.3, -0.25) is 0 Å². The highest BCUT2D eigenvalue weighted by Gasteiger charge is 2.26. The Balaban J connectivity index is 2.31. The van der Waals surface area contributed by atoms with Crippen molar-refractivity contribution in [3.63, 3.8) is 0 Å². The van der Waals surface area contributed by atoms with Gasteiger partial charge in [0.15, 0.2) is 0 Å². The molecule has 0 saturated heterocycles. The molecule has 2 aromatic rings. The second-order valence-corrected chi connectivity index (χ2v) is 5.87. The van der Waals surface area contributed by atoms with Crippen molar-refractivity contribution in [3.8, 4) is 0 Å². The predicted molar refractivity (Wildman–Crippen MR) is 86.8 cm³/mol. The standard InChI is InChI=1S/C19H25N/c1-4-12-19(20,18-8-6-5-7-9-18)14-17-11-10-15(2)16(3)13-17/h5-11,13H,4,12,14,20H2,1-3H3. The molecule has 1 nitrogen and oxygen atoms in total. The van der Waals surface area contributed by atoms with Gasteiger partial charge in [0.2, 0.25) is 0 Å². The minimum Gasteiger partial charge on any atom is -0.321 e. The lowest BCUT2D eigenvalue weighted by atomic mass is 9.81. The predicted octanol–water partition coefficient (Wildman–Crippen LogP) is 4.50. The van der Waals surface area contributed by atoms with Gasteiger partial charge in [-0.15, -0.1) is 0 Å². The Morgan fingerprint density at radius 2 is 1.65 bits per heavy atom. The van der Waals surface area contributed by atoms with Crippen LogP contribution >= 0.6 is 0 Å². The van der Waals surface area contributed by atoms with Gasteiger partial charge < -0.3 is 5.73 Å². The molecular formula is C19H25N. The van der Waals surface area contributed by atoms with Crippen LogP contribution in [0, 0.1) is 13.8 Å². The molecule has 1 heteroatoms. The van der Waals surface area contributed by atoms with E-state index >= 15 is 0 Å². The highest BCUT2D eigenvalue weighted by molar-refractivity contribution is 5.33. The first-order valence-corrected chi connectivity index (χ1v) is 7.46. The number of hydrogen-bond acceptors (Lipinski definition) is 1. The summed E-state index contributed by atoms with van der Waals surface area (Å²) in [5.74, 6) is 0. The quantitative estimate of drug-likeness (QED) is 0.848. The molecule has 0 bridgehead atoms. The van der Waals surface area contributed by atoms with Crippen LogP contribution in [0.1, 0.15) is 42.0 Å². The maximum atomic E-state index is 6.75. The molecule has 0 spiro atoms. The fourth-order valence-electron chi connectivity index (χ4n) is 2.83. The normalized spacial score (nSPS) is 14.0. The van der Waals surface area contributed by atoms with Crippen LogP contribution in [0.15, 0.2) is 48.5 Å². The monoisotopic (exact) mass is 267 g/mol. The van der Waals surface area contributed by atoms with Crippen molar-refractivity contribution in [2.75, 3.05) is 0 Å². The summed E-state index contributed by atoms with van der Waals surface area (Å²) in [5.41, 5.74) is 11.7. The Morgan fingerprint density at radius 3 is 2.25 bits per heavy atom. The van der Waals surface area contributed by atoms with Gasteiger partial charge in [-0.1, -0.05) is 61.9 Å². The third kappa shape index (κ3) is 3.29. The number of aryl methyl sites for hydroxylation is 2. The van der Waals surface area contributed by atoms with Crippen LogP contribution in [0.4, 0.5) is 0 Å². The lowest BCUT2D eigenvalue weighted by molar-refractivity contribution is 0.400. The third-order valence-corrected chi connectivity index (χ3v) is 4.14. The van der Waals surface area contributed by atoms with E-state index in [0.717, 1.165) is 19.3 Å². The van der Waals surface area contributed by atoms with Crippen molar-refractivity contribution < 1.29 is 0 Å². The molecule has 0 fully saturated rings. The number of hydrogen-bond donors (Lipinski definition) is 1. The third-order valence-electron chi connectivity index (χ3n) is 4.14.